The molecule has 0 bridgehead atoms. The van der Waals surface area contributed by atoms with E-state index in [0.717, 1.165) is 15.6 Å². The molecule has 2 nitrogen and oxygen atoms in total. The molecule has 0 saturated heterocycles. The van der Waals surface area contributed by atoms with E-state index in [4.69, 9.17) is 16.3 Å². The van der Waals surface area contributed by atoms with E-state index in [9.17, 15) is 4.39 Å². The van der Waals surface area contributed by atoms with Crippen molar-refractivity contribution in [2.75, 3.05) is 12.4 Å². The van der Waals surface area contributed by atoms with Crippen molar-refractivity contribution < 1.29 is 9.13 Å². The number of ether oxygens (including phenoxy) is 1. The molecular weight excluding hydrogens is 273 g/mol. The average Bonchev–Trinajstić information content (AvgIpc) is 2.78. The fourth-order valence-electron chi connectivity index (χ4n) is 1.63. The van der Waals surface area contributed by atoms with Crippen molar-refractivity contribution in [2.24, 2.45) is 0 Å². The van der Waals surface area contributed by atoms with E-state index in [-0.39, 0.29) is 17.6 Å². The van der Waals surface area contributed by atoms with E-state index in [2.05, 4.69) is 5.32 Å². The first-order valence-corrected chi connectivity index (χ1v) is 6.70. The predicted molar refractivity (Wildman–Crippen MR) is 74.3 cm³/mol. The Bertz CT molecular complexity index is 544. The van der Waals surface area contributed by atoms with Gasteiger partial charge in [0.05, 0.1) is 11.4 Å². The minimum atomic E-state index is -0.366. The molecule has 5 heteroatoms. The maximum Gasteiger partial charge on any atom is 0.165 e. The molecule has 0 radical (unpaired) electrons. The number of hydrogen-bond donors (Lipinski definition) is 1. The summed E-state index contributed by atoms with van der Waals surface area (Å²) >= 11 is 7.39. The van der Waals surface area contributed by atoms with Crippen molar-refractivity contribution in [2.45, 2.75) is 13.0 Å². The molecule has 2 rings (SSSR count). The van der Waals surface area contributed by atoms with Crippen LogP contribution >= 0.6 is 22.9 Å². The zero-order valence-electron chi connectivity index (χ0n) is 10.0. The number of benzene rings is 1. The summed E-state index contributed by atoms with van der Waals surface area (Å²) in [5, 5.41) is 5.28. The lowest BCUT2D eigenvalue weighted by molar-refractivity contribution is 0.387. The van der Waals surface area contributed by atoms with Gasteiger partial charge in [-0.05, 0) is 36.1 Å². The second-order valence-electron chi connectivity index (χ2n) is 3.90. The van der Waals surface area contributed by atoms with Gasteiger partial charge in [0.1, 0.15) is 0 Å². The fourth-order valence-corrected chi connectivity index (χ4v) is 2.62. The van der Waals surface area contributed by atoms with E-state index in [0.29, 0.717) is 0 Å². The molecule has 0 saturated carbocycles. The van der Waals surface area contributed by atoms with Crippen molar-refractivity contribution in [1.82, 2.24) is 0 Å². The van der Waals surface area contributed by atoms with Gasteiger partial charge in [-0.3, -0.25) is 0 Å². The first kappa shape index (κ1) is 13.2. The van der Waals surface area contributed by atoms with Gasteiger partial charge >= 0.3 is 0 Å². The molecule has 1 unspecified atom stereocenters. The Morgan fingerprint density at radius 2 is 2.17 bits per heavy atom. The van der Waals surface area contributed by atoms with Crippen LogP contribution in [0.4, 0.5) is 10.1 Å². The standard InChI is InChI=1S/C13H13ClFNOS/c1-8(9-5-13(14)18-7-9)16-10-3-4-11(15)12(6-10)17-2/h3-8,16H,1-2H3. The van der Waals surface area contributed by atoms with Gasteiger partial charge in [-0.25, -0.2) is 4.39 Å². The lowest BCUT2D eigenvalue weighted by Gasteiger charge is -2.15. The summed E-state index contributed by atoms with van der Waals surface area (Å²) in [6, 6.07) is 6.73. The van der Waals surface area contributed by atoms with Gasteiger partial charge in [-0.1, -0.05) is 11.6 Å². The van der Waals surface area contributed by atoms with Crippen LogP contribution in [-0.2, 0) is 0 Å². The molecule has 1 heterocycles. The van der Waals surface area contributed by atoms with Crippen LogP contribution < -0.4 is 10.1 Å². The molecule has 1 N–H and O–H groups in total. The van der Waals surface area contributed by atoms with E-state index >= 15 is 0 Å². The van der Waals surface area contributed by atoms with Crippen molar-refractivity contribution in [3.8, 4) is 5.75 Å². The van der Waals surface area contributed by atoms with Crippen molar-refractivity contribution in [1.29, 1.82) is 0 Å². The second kappa shape index (κ2) is 5.59. The van der Waals surface area contributed by atoms with Crippen LogP contribution in [0.1, 0.15) is 18.5 Å². The van der Waals surface area contributed by atoms with Gasteiger partial charge in [0.15, 0.2) is 11.6 Å². The first-order chi connectivity index (χ1) is 8.60. The number of nitrogens with one attached hydrogen (secondary N) is 1. The quantitative estimate of drug-likeness (QED) is 0.877. The van der Waals surface area contributed by atoms with Gasteiger partial charge in [0.2, 0.25) is 0 Å². The van der Waals surface area contributed by atoms with Gasteiger partial charge in [0, 0.05) is 17.8 Å². The van der Waals surface area contributed by atoms with Crippen LogP contribution in [-0.4, -0.2) is 7.11 Å². The van der Waals surface area contributed by atoms with E-state index in [1.54, 1.807) is 12.1 Å². The van der Waals surface area contributed by atoms with Gasteiger partial charge < -0.3 is 10.1 Å². The minimum Gasteiger partial charge on any atom is -0.494 e. The highest BCUT2D eigenvalue weighted by atomic mass is 35.5. The molecule has 0 aliphatic heterocycles. The minimum absolute atomic E-state index is 0.101. The number of rotatable bonds is 4. The van der Waals surface area contributed by atoms with Crippen LogP contribution in [0.2, 0.25) is 4.34 Å². The molecule has 0 aliphatic carbocycles. The van der Waals surface area contributed by atoms with E-state index in [1.807, 2.05) is 18.4 Å². The summed E-state index contributed by atoms with van der Waals surface area (Å²) in [6.07, 6.45) is 0. The third kappa shape index (κ3) is 2.94. The van der Waals surface area contributed by atoms with Crippen molar-refractivity contribution in [3.63, 3.8) is 0 Å². The zero-order valence-corrected chi connectivity index (χ0v) is 11.6. The highest BCUT2D eigenvalue weighted by Crippen LogP contribution is 2.28. The summed E-state index contributed by atoms with van der Waals surface area (Å²) in [5.41, 5.74) is 1.91. The Kier molecular flexibility index (Phi) is 4.09. The molecule has 0 amide bonds. The summed E-state index contributed by atoms with van der Waals surface area (Å²) in [4.78, 5) is 0. The van der Waals surface area contributed by atoms with Crippen molar-refractivity contribution >= 4 is 28.6 Å². The molecule has 1 aromatic heterocycles. The largest absolute Gasteiger partial charge is 0.494 e. The lowest BCUT2D eigenvalue weighted by Crippen LogP contribution is -2.05. The molecule has 2 aromatic rings. The Morgan fingerprint density at radius 3 is 2.78 bits per heavy atom. The number of anilines is 1. The lowest BCUT2D eigenvalue weighted by atomic mass is 10.1. The predicted octanol–water partition coefficient (Wildman–Crippen LogP) is 4.72. The summed E-state index contributed by atoms with van der Waals surface area (Å²) in [6.45, 7) is 2.02. The Morgan fingerprint density at radius 1 is 1.39 bits per heavy atom. The Labute approximate surface area is 114 Å². The second-order valence-corrected chi connectivity index (χ2v) is 5.44. The number of hydrogen-bond acceptors (Lipinski definition) is 3. The summed E-state index contributed by atoms with van der Waals surface area (Å²) in [5.74, 6) is -0.134. The molecular formula is C13H13ClFNOS. The highest BCUT2D eigenvalue weighted by Gasteiger charge is 2.09. The number of halogens is 2. The zero-order chi connectivity index (χ0) is 13.1. The van der Waals surface area contributed by atoms with Crippen molar-refractivity contribution in [3.05, 3.63) is 45.4 Å². The highest BCUT2D eigenvalue weighted by molar-refractivity contribution is 7.14. The maximum atomic E-state index is 13.3. The average molecular weight is 286 g/mol. The Balaban J connectivity index is 2.14. The van der Waals surface area contributed by atoms with Crippen LogP contribution in [0.25, 0.3) is 0 Å². The topological polar surface area (TPSA) is 21.3 Å². The Hall–Kier alpha value is -1.26. The van der Waals surface area contributed by atoms with E-state index < -0.39 is 0 Å². The molecule has 96 valence electrons. The number of methoxy groups -OCH3 is 1. The van der Waals surface area contributed by atoms with Crippen LogP contribution in [0, 0.1) is 5.82 Å². The number of thiophene rings is 1. The van der Waals surface area contributed by atoms with E-state index in [1.165, 1.54) is 24.5 Å². The molecule has 1 aromatic carbocycles. The van der Waals surface area contributed by atoms with Gasteiger partial charge in [-0.2, -0.15) is 0 Å². The van der Waals surface area contributed by atoms with Gasteiger partial charge in [0.25, 0.3) is 0 Å². The summed E-state index contributed by atoms with van der Waals surface area (Å²) < 4.78 is 19.0. The van der Waals surface area contributed by atoms with Crippen LogP contribution in [0.3, 0.4) is 0 Å². The van der Waals surface area contributed by atoms with Gasteiger partial charge in [-0.15, -0.1) is 11.3 Å². The molecule has 0 fully saturated rings. The maximum absolute atomic E-state index is 13.3. The smallest absolute Gasteiger partial charge is 0.165 e. The van der Waals surface area contributed by atoms with Crippen LogP contribution in [0.5, 0.6) is 5.75 Å². The molecule has 0 spiro atoms. The molecule has 18 heavy (non-hydrogen) atoms. The summed E-state index contributed by atoms with van der Waals surface area (Å²) in [7, 11) is 1.45. The third-order valence-electron chi connectivity index (χ3n) is 2.62. The monoisotopic (exact) mass is 285 g/mol. The fraction of sp³-hybridized carbons (Fsp3) is 0.231. The SMILES string of the molecule is COc1cc(NC(C)c2csc(Cl)c2)ccc1F. The van der Waals surface area contributed by atoms with Crippen LogP contribution in [0.15, 0.2) is 29.6 Å². The molecule has 0 aliphatic rings. The molecule has 1 atom stereocenters. The third-order valence-corrected chi connectivity index (χ3v) is 3.73. The first-order valence-electron chi connectivity index (χ1n) is 5.44. The normalized spacial score (nSPS) is 12.2.